The minimum atomic E-state index is -4.54. The number of amides is 1. The molecule has 0 radical (unpaired) electrons. The van der Waals surface area contributed by atoms with Crippen LogP contribution >= 0.6 is 11.3 Å². The SMILES string of the molecule is COc1ncnc(OC)c1C(=O)Nc1nc(-c2ccc(C(F)(F)F)cn2)c(S(C)=O)s1. The van der Waals surface area contributed by atoms with Gasteiger partial charge in [0, 0.05) is 12.5 Å². The van der Waals surface area contributed by atoms with Crippen molar-refractivity contribution in [3.05, 3.63) is 35.8 Å². The van der Waals surface area contributed by atoms with Gasteiger partial charge in [-0.05, 0) is 12.1 Å². The molecular formula is C17H14F3N5O4S2. The molecule has 0 aliphatic carbocycles. The number of nitrogens with zero attached hydrogens (tertiary/aromatic N) is 4. The van der Waals surface area contributed by atoms with Crippen molar-refractivity contribution < 1.29 is 31.6 Å². The minimum absolute atomic E-state index is 0.0372. The van der Waals surface area contributed by atoms with E-state index in [-0.39, 0.29) is 38.1 Å². The largest absolute Gasteiger partial charge is 0.480 e. The quantitative estimate of drug-likeness (QED) is 0.581. The summed E-state index contributed by atoms with van der Waals surface area (Å²) in [5.74, 6) is -0.780. The number of anilines is 1. The van der Waals surface area contributed by atoms with Crippen molar-refractivity contribution in [2.75, 3.05) is 25.8 Å². The van der Waals surface area contributed by atoms with Gasteiger partial charge in [0.25, 0.3) is 5.91 Å². The number of carbonyl (C=O) groups excluding carboxylic acids is 1. The van der Waals surface area contributed by atoms with Crippen LogP contribution in [0.5, 0.6) is 11.8 Å². The third-order valence-corrected chi connectivity index (χ3v) is 6.24. The van der Waals surface area contributed by atoms with Crippen LogP contribution < -0.4 is 14.8 Å². The molecule has 1 atom stereocenters. The second-order valence-corrected chi connectivity index (χ2v) is 8.33. The Hall–Kier alpha value is -3.13. The first-order valence-electron chi connectivity index (χ1n) is 8.28. The number of hydrogen-bond acceptors (Lipinski definition) is 9. The molecule has 0 saturated heterocycles. The summed E-state index contributed by atoms with van der Waals surface area (Å²) < 4.78 is 60.8. The van der Waals surface area contributed by atoms with E-state index in [1.807, 2.05) is 0 Å². The first-order valence-corrected chi connectivity index (χ1v) is 10.6. The van der Waals surface area contributed by atoms with Gasteiger partial charge in [0.1, 0.15) is 16.2 Å². The molecule has 3 aromatic rings. The predicted molar refractivity (Wildman–Crippen MR) is 106 cm³/mol. The number of pyridine rings is 1. The number of ether oxygens (including phenoxy) is 2. The molecule has 0 saturated carbocycles. The highest BCUT2D eigenvalue weighted by Crippen LogP contribution is 2.35. The summed E-state index contributed by atoms with van der Waals surface area (Å²) in [6.07, 6.45) is -1.35. The number of thiazole rings is 1. The van der Waals surface area contributed by atoms with Crippen LogP contribution in [-0.4, -0.2) is 50.5 Å². The lowest BCUT2D eigenvalue weighted by molar-refractivity contribution is -0.137. The van der Waals surface area contributed by atoms with E-state index in [1.54, 1.807) is 0 Å². The van der Waals surface area contributed by atoms with Crippen LogP contribution in [0.4, 0.5) is 18.3 Å². The van der Waals surface area contributed by atoms with Gasteiger partial charge in [0.15, 0.2) is 10.7 Å². The van der Waals surface area contributed by atoms with Gasteiger partial charge in [0.2, 0.25) is 11.8 Å². The Kier molecular flexibility index (Phi) is 6.50. The van der Waals surface area contributed by atoms with Crippen molar-refractivity contribution in [3.63, 3.8) is 0 Å². The van der Waals surface area contributed by atoms with Crippen LogP contribution in [0.3, 0.4) is 0 Å². The van der Waals surface area contributed by atoms with Gasteiger partial charge in [-0.25, -0.2) is 15.0 Å². The average Bonchev–Trinajstić information content (AvgIpc) is 3.16. The maximum atomic E-state index is 12.8. The van der Waals surface area contributed by atoms with E-state index in [0.717, 1.165) is 29.8 Å². The summed E-state index contributed by atoms with van der Waals surface area (Å²) in [5.41, 5.74) is -0.843. The number of methoxy groups -OCH3 is 2. The van der Waals surface area contributed by atoms with Crippen LogP contribution in [0.1, 0.15) is 15.9 Å². The summed E-state index contributed by atoms with van der Waals surface area (Å²) >= 11 is 0.894. The molecular weight excluding hydrogens is 459 g/mol. The first-order chi connectivity index (χ1) is 14.7. The maximum absolute atomic E-state index is 12.8. The number of nitrogens with one attached hydrogen (secondary N) is 1. The van der Waals surface area contributed by atoms with E-state index in [9.17, 15) is 22.2 Å². The zero-order chi connectivity index (χ0) is 22.8. The Balaban J connectivity index is 1.97. The number of rotatable bonds is 6. The fourth-order valence-electron chi connectivity index (χ4n) is 2.44. The lowest BCUT2D eigenvalue weighted by atomic mass is 10.2. The maximum Gasteiger partial charge on any atom is 0.417 e. The van der Waals surface area contributed by atoms with Crippen molar-refractivity contribution in [2.24, 2.45) is 0 Å². The average molecular weight is 473 g/mol. The van der Waals surface area contributed by atoms with E-state index in [4.69, 9.17) is 9.47 Å². The Morgan fingerprint density at radius 3 is 2.26 bits per heavy atom. The van der Waals surface area contributed by atoms with E-state index >= 15 is 0 Å². The number of carbonyl (C=O) groups is 1. The van der Waals surface area contributed by atoms with E-state index in [1.165, 1.54) is 20.5 Å². The summed E-state index contributed by atoms with van der Waals surface area (Å²) in [6.45, 7) is 0. The molecule has 9 nitrogen and oxygen atoms in total. The fraction of sp³-hybridized carbons (Fsp3) is 0.235. The standard InChI is InChI=1S/C17H14F3N5O4S2/c1-28-13-10(14(29-2)23-7-22-13)12(26)25-16-24-11(15(30-16)31(3)27)9-5-4-8(6-21-9)17(18,19)20/h4-7H,1-3H3,(H,24,25,26). The molecule has 0 aromatic carbocycles. The van der Waals surface area contributed by atoms with E-state index in [2.05, 4.69) is 25.3 Å². The summed E-state index contributed by atoms with van der Waals surface area (Å²) in [5, 5.41) is 2.56. The number of alkyl halides is 3. The molecule has 3 heterocycles. The lowest BCUT2D eigenvalue weighted by Crippen LogP contribution is -2.16. The Labute approximate surface area is 180 Å². The molecule has 1 unspecified atom stereocenters. The molecule has 0 fully saturated rings. The summed E-state index contributed by atoms with van der Waals surface area (Å²) in [7, 11) is 1.08. The molecule has 31 heavy (non-hydrogen) atoms. The molecule has 0 spiro atoms. The van der Waals surface area contributed by atoms with Gasteiger partial charge >= 0.3 is 6.18 Å². The van der Waals surface area contributed by atoms with Crippen molar-refractivity contribution in [2.45, 2.75) is 10.4 Å². The van der Waals surface area contributed by atoms with Gasteiger partial charge in [-0.15, -0.1) is 0 Å². The number of hydrogen-bond donors (Lipinski definition) is 1. The molecule has 0 bridgehead atoms. The molecule has 3 rings (SSSR count). The zero-order valence-electron chi connectivity index (χ0n) is 16.2. The lowest BCUT2D eigenvalue weighted by Gasteiger charge is -2.09. The first kappa shape index (κ1) is 22.6. The van der Waals surface area contributed by atoms with Gasteiger partial charge in [-0.3, -0.25) is 19.3 Å². The minimum Gasteiger partial charge on any atom is -0.480 e. The van der Waals surface area contributed by atoms with Gasteiger partial charge in [0.05, 0.1) is 36.3 Å². The molecule has 14 heteroatoms. The zero-order valence-corrected chi connectivity index (χ0v) is 17.8. The second-order valence-electron chi connectivity index (χ2n) is 5.76. The van der Waals surface area contributed by atoms with Crippen molar-refractivity contribution in [1.82, 2.24) is 19.9 Å². The third-order valence-electron chi connectivity index (χ3n) is 3.80. The molecule has 0 aliphatic heterocycles. The Morgan fingerprint density at radius 2 is 1.77 bits per heavy atom. The molecule has 3 aromatic heterocycles. The molecule has 1 amide bonds. The smallest absolute Gasteiger partial charge is 0.417 e. The van der Waals surface area contributed by atoms with Crippen LogP contribution in [0, 0.1) is 0 Å². The van der Waals surface area contributed by atoms with Crippen LogP contribution in [0.25, 0.3) is 11.4 Å². The van der Waals surface area contributed by atoms with Crippen molar-refractivity contribution in [3.8, 4) is 23.1 Å². The highest BCUT2D eigenvalue weighted by Gasteiger charge is 2.31. The van der Waals surface area contributed by atoms with Crippen molar-refractivity contribution >= 4 is 33.2 Å². The monoisotopic (exact) mass is 473 g/mol. The van der Waals surface area contributed by atoms with E-state index in [0.29, 0.717) is 6.20 Å². The topological polar surface area (TPSA) is 116 Å². The van der Waals surface area contributed by atoms with Crippen LogP contribution in [-0.2, 0) is 17.0 Å². The van der Waals surface area contributed by atoms with E-state index < -0.39 is 28.4 Å². The molecule has 1 N–H and O–H groups in total. The Morgan fingerprint density at radius 1 is 1.13 bits per heavy atom. The molecule has 0 aliphatic rings. The summed E-state index contributed by atoms with van der Waals surface area (Å²) in [4.78, 5) is 28.4. The normalized spacial score (nSPS) is 12.3. The fourth-order valence-corrected chi connectivity index (χ4v) is 4.27. The highest BCUT2D eigenvalue weighted by molar-refractivity contribution is 7.86. The number of aromatic nitrogens is 4. The summed E-state index contributed by atoms with van der Waals surface area (Å²) in [6, 6.07) is 1.97. The van der Waals surface area contributed by atoms with Gasteiger partial charge < -0.3 is 9.47 Å². The van der Waals surface area contributed by atoms with Crippen LogP contribution in [0.15, 0.2) is 28.9 Å². The predicted octanol–water partition coefficient (Wildman–Crippen LogP) is 3.02. The van der Waals surface area contributed by atoms with Gasteiger partial charge in [-0.2, -0.15) is 13.2 Å². The number of halogens is 3. The van der Waals surface area contributed by atoms with Crippen LogP contribution in [0.2, 0.25) is 0 Å². The highest BCUT2D eigenvalue weighted by atomic mass is 32.2. The Bertz CT molecular complexity index is 1110. The third kappa shape index (κ3) is 4.80. The van der Waals surface area contributed by atoms with Gasteiger partial charge in [-0.1, -0.05) is 11.3 Å². The van der Waals surface area contributed by atoms with Crippen molar-refractivity contribution in [1.29, 1.82) is 0 Å². The second kappa shape index (κ2) is 8.93. The molecule has 164 valence electrons.